The van der Waals surface area contributed by atoms with E-state index in [4.69, 9.17) is 10.8 Å². The van der Waals surface area contributed by atoms with Crippen molar-refractivity contribution in [3.63, 3.8) is 0 Å². The van der Waals surface area contributed by atoms with Gasteiger partial charge in [0, 0.05) is 18.5 Å². The summed E-state index contributed by atoms with van der Waals surface area (Å²) in [4.78, 5) is 11.3. The van der Waals surface area contributed by atoms with Crippen molar-refractivity contribution in [1.82, 2.24) is 5.32 Å². The number of nitrogens with one attached hydrogen (secondary N) is 1. The first-order chi connectivity index (χ1) is 6.37. The molecule has 0 aromatic heterocycles. The first-order valence-corrected chi connectivity index (χ1v) is 5.10. The molecule has 0 spiro atoms. The molecule has 0 aromatic rings. The van der Waals surface area contributed by atoms with Gasteiger partial charge in [-0.25, -0.2) is 0 Å². The summed E-state index contributed by atoms with van der Waals surface area (Å²) in [6.45, 7) is 4.34. The monoisotopic (exact) mass is 200 g/mol. The first-order valence-electron chi connectivity index (χ1n) is 5.10. The highest BCUT2D eigenvalue weighted by Gasteiger charge is 2.27. The summed E-state index contributed by atoms with van der Waals surface area (Å²) in [7, 11) is 0. The van der Waals surface area contributed by atoms with Gasteiger partial charge in [0.15, 0.2) is 0 Å². The van der Waals surface area contributed by atoms with Crippen LogP contribution in [0.2, 0.25) is 0 Å². The molecule has 4 N–H and O–H groups in total. The highest BCUT2D eigenvalue weighted by molar-refractivity contribution is 5.77. The zero-order valence-corrected chi connectivity index (χ0v) is 8.92. The van der Waals surface area contributed by atoms with Crippen LogP contribution in [0.4, 0.5) is 0 Å². The van der Waals surface area contributed by atoms with E-state index in [9.17, 15) is 4.79 Å². The van der Waals surface area contributed by atoms with Crippen molar-refractivity contribution in [3.8, 4) is 0 Å². The van der Waals surface area contributed by atoms with E-state index in [2.05, 4.69) is 5.32 Å². The standard InChI is InChI=1S/C10H20N2O2/c1-10(2,11)5-9(14)12-6-7-3-8(13)4-7/h7-8,13H,3-6,11H2,1-2H3,(H,12,14). The molecule has 1 aliphatic rings. The molecule has 0 atom stereocenters. The van der Waals surface area contributed by atoms with Gasteiger partial charge in [0.1, 0.15) is 0 Å². The number of rotatable bonds is 4. The second-order valence-electron chi connectivity index (χ2n) is 4.96. The Morgan fingerprint density at radius 1 is 1.57 bits per heavy atom. The van der Waals surface area contributed by atoms with Gasteiger partial charge in [-0.3, -0.25) is 4.79 Å². The lowest BCUT2D eigenvalue weighted by molar-refractivity contribution is -0.122. The Morgan fingerprint density at radius 2 is 2.14 bits per heavy atom. The predicted molar refractivity (Wildman–Crippen MR) is 54.6 cm³/mol. The Balaban J connectivity index is 2.10. The molecule has 4 heteroatoms. The first kappa shape index (κ1) is 11.5. The Hall–Kier alpha value is -0.610. The summed E-state index contributed by atoms with van der Waals surface area (Å²) in [5, 5.41) is 11.9. The predicted octanol–water partition coefficient (Wildman–Crippen LogP) is 0.000900. The maximum Gasteiger partial charge on any atom is 0.221 e. The van der Waals surface area contributed by atoms with Crippen molar-refractivity contribution in [2.45, 2.75) is 44.8 Å². The normalized spacial score (nSPS) is 26.9. The van der Waals surface area contributed by atoms with Crippen LogP contribution < -0.4 is 11.1 Å². The van der Waals surface area contributed by atoms with Gasteiger partial charge in [-0.1, -0.05) is 0 Å². The van der Waals surface area contributed by atoms with E-state index >= 15 is 0 Å². The van der Waals surface area contributed by atoms with Crippen LogP contribution in [0.5, 0.6) is 0 Å². The largest absolute Gasteiger partial charge is 0.393 e. The highest BCUT2D eigenvalue weighted by atomic mass is 16.3. The minimum Gasteiger partial charge on any atom is -0.393 e. The Morgan fingerprint density at radius 3 is 2.57 bits per heavy atom. The molecule has 0 heterocycles. The summed E-state index contributed by atoms with van der Waals surface area (Å²) in [6, 6.07) is 0. The number of nitrogens with two attached hydrogens (primary N) is 1. The maximum absolute atomic E-state index is 11.3. The van der Waals surface area contributed by atoms with E-state index in [0.717, 1.165) is 12.8 Å². The molecule has 82 valence electrons. The fourth-order valence-corrected chi connectivity index (χ4v) is 1.60. The van der Waals surface area contributed by atoms with Crippen LogP contribution in [0.1, 0.15) is 33.1 Å². The Labute approximate surface area is 84.9 Å². The second-order valence-corrected chi connectivity index (χ2v) is 4.96. The molecule has 0 saturated heterocycles. The Bertz CT molecular complexity index is 205. The van der Waals surface area contributed by atoms with Gasteiger partial charge in [-0.2, -0.15) is 0 Å². The van der Waals surface area contributed by atoms with Gasteiger partial charge in [-0.05, 0) is 32.6 Å². The van der Waals surface area contributed by atoms with Gasteiger partial charge in [0.05, 0.1) is 6.10 Å². The Kier molecular flexibility index (Phi) is 3.50. The average Bonchev–Trinajstić information content (AvgIpc) is 1.92. The highest BCUT2D eigenvalue weighted by Crippen LogP contribution is 2.26. The van der Waals surface area contributed by atoms with Crippen LogP contribution in [-0.2, 0) is 4.79 Å². The lowest BCUT2D eigenvalue weighted by atomic mass is 9.82. The third-order valence-corrected chi connectivity index (χ3v) is 2.41. The van der Waals surface area contributed by atoms with Crippen LogP contribution in [0, 0.1) is 5.92 Å². The molecule has 1 rings (SSSR count). The summed E-state index contributed by atoms with van der Waals surface area (Å²) < 4.78 is 0. The number of hydrogen-bond donors (Lipinski definition) is 3. The van der Waals surface area contributed by atoms with Gasteiger partial charge < -0.3 is 16.2 Å². The van der Waals surface area contributed by atoms with Crippen molar-refractivity contribution in [2.75, 3.05) is 6.54 Å². The van der Waals surface area contributed by atoms with E-state index in [1.165, 1.54) is 0 Å². The molecule has 1 aliphatic carbocycles. The zero-order chi connectivity index (χ0) is 10.8. The van der Waals surface area contributed by atoms with E-state index < -0.39 is 5.54 Å². The number of hydrogen-bond acceptors (Lipinski definition) is 3. The molecular formula is C10H20N2O2. The molecule has 1 fully saturated rings. The number of carbonyl (C=O) groups excluding carboxylic acids is 1. The van der Waals surface area contributed by atoms with Crippen molar-refractivity contribution in [2.24, 2.45) is 11.7 Å². The zero-order valence-electron chi connectivity index (χ0n) is 8.92. The van der Waals surface area contributed by atoms with E-state index in [1.54, 1.807) is 0 Å². The lowest BCUT2D eigenvalue weighted by Gasteiger charge is -2.31. The third-order valence-electron chi connectivity index (χ3n) is 2.41. The van der Waals surface area contributed by atoms with Crippen molar-refractivity contribution < 1.29 is 9.90 Å². The van der Waals surface area contributed by atoms with Gasteiger partial charge in [0.25, 0.3) is 0 Å². The van der Waals surface area contributed by atoms with Crippen LogP contribution in [0.15, 0.2) is 0 Å². The molecule has 1 saturated carbocycles. The van der Waals surface area contributed by atoms with Gasteiger partial charge in [0.2, 0.25) is 5.91 Å². The van der Waals surface area contributed by atoms with Crippen LogP contribution in [0.3, 0.4) is 0 Å². The van der Waals surface area contributed by atoms with E-state index in [-0.39, 0.29) is 12.0 Å². The van der Waals surface area contributed by atoms with Crippen LogP contribution >= 0.6 is 0 Å². The minimum absolute atomic E-state index is 0.00103. The van der Waals surface area contributed by atoms with Crippen molar-refractivity contribution >= 4 is 5.91 Å². The number of aliphatic hydroxyl groups excluding tert-OH is 1. The smallest absolute Gasteiger partial charge is 0.221 e. The fourth-order valence-electron chi connectivity index (χ4n) is 1.60. The number of carbonyl (C=O) groups is 1. The summed E-state index contributed by atoms with van der Waals surface area (Å²) in [6.07, 6.45) is 1.82. The number of amides is 1. The van der Waals surface area contributed by atoms with Crippen LogP contribution in [-0.4, -0.2) is 29.2 Å². The molecule has 0 unspecified atom stereocenters. The van der Waals surface area contributed by atoms with Gasteiger partial charge in [-0.15, -0.1) is 0 Å². The number of aliphatic hydroxyl groups is 1. The summed E-state index contributed by atoms with van der Waals surface area (Å²) >= 11 is 0. The van der Waals surface area contributed by atoms with Crippen molar-refractivity contribution in [1.29, 1.82) is 0 Å². The molecule has 4 nitrogen and oxygen atoms in total. The summed E-state index contributed by atoms with van der Waals surface area (Å²) in [5.41, 5.74) is 5.27. The van der Waals surface area contributed by atoms with E-state index in [1.807, 2.05) is 13.8 Å². The van der Waals surface area contributed by atoms with Crippen LogP contribution in [0.25, 0.3) is 0 Å². The maximum atomic E-state index is 11.3. The lowest BCUT2D eigenvalue weighted by Crippen LogP contribution is -2.42. The molecule has 0 bridgehead atoms. The quantitative estimate of drug-likeness (QED) is 0.598. The van der Waals surface area contributed by atoms with Crippen molar-refractivity contribution in [3.05, 3.63) is 0 Å². The van der Waals surface area contributed by atoms with Gasteiger partial charge >= 0.3 is 0 Å². The molecule has 0 radical (unpaired) electrons. The molecule has 0 aliphatic heterocycles. The minimum atomic E-state index is -0.441. The molecule has 0 aromatic carbocycles. The fraction of sp³-hybridized carbons (Fsp3) is 0.900. The summed E-state index contributed by atoms with van der Waals surface area (Å²) in [5.74, 6) is 0.453. The SMILES string of the molecule is CC(C)(N)CC(=O)NCC1CC(O)C1. The topological polar surface area (TPSA) is 75.4 Å². The average molecular weight is 200 g/mol. The molecule has 1 amide bonds. The second kappa shape index (κ2) is 4.28. The van der Waals surface area contributed by atoms with E-state index in [0.29, 0.717) is 18.9 Å². The molecule has 14 heavy (non-hydrogen) atoms. The third kappa shape index (κ3) is 4.07. The molecular weight excluding hydrogens is 180 g/mol.